The standard InChI is InChI=1S/C44H73N5O38P6S4/c1-31-26-35(97(76,77)78)18-19-37(31)48(21-13-25-95(70,71)72)34(16-11-14-33(3)45-20-12-24-94(67,68)69)15-7-6-8-17-40(51)46-36(30-96(73,74)75)43(53)79-22-9-4-5-10-23-80-88(55,56)83-90(59,60)85-92(63,64)87-93(65,66)86-91(61,62)84-89(57,58)81-29-39-38(50)27-41(82-39)49-28-32(2)42(52)47-44(49)54/h11,14,16,18-19,26,28,36,38-39,41,50H,4-10,12-13,15,17,20-25,27,29-30H2,1-3H3,(H,46,51)(H,55,56)(H,57,58)(H,59,60)(H,61,62)(H,63,64)(H,65,66)(H,47,52,54)(H,67,68,69)(H,70,71,72)(H,73,74,75)(H,76,77,78)/b14-11+,34-16+,45-33-/t36?,38-,39-,41-/m1/s1. The second kappa shape index (κ2) is 37.4. The number of benzene rings is 1. The van der Waals surface area contributed by atoms with Crippen molar-refractivity contribution in [1.29, 1.82) is 0 Å². The predicted octanol–water partition coefficient (Wildman–Crippen LogP) is 3.16. The zero-order valence-electron chi connectivity index (χ0n) is 51.1. The minimum absolute atomic E-state index is 0.00991. The number of ether oxygens (including phenoxy) is 2. The summed E-state index contributed by atoms with van der Waals surface area (Å²) >= 11 is 0. The molecule has 0 saturated carbocycles. The summed E-state index contributed by atoms with van der Waals surface area (Å²) in [5, 5.41) is 12.5. The molecule has 1 aromatic carbocycles. The summed E-state index contributed by atoms with van der Waals surface area (Å²) in [5.74, 6) is -4.70. The lowest BCUT2D eigenvalue weighted by molar-refractivity contribution is -0.147. The van der Waals surface area contributed by atoms with Gasteiger partial charge in [0.1, 0.15) is 24.1 Å². The molecule has 1 saturated heterocycles. The number of nitrogens with zero attached hydrogens (tertiary/aromatic N) is 3. The van der Waals surface area contributed by atoms with Gasteiger partial charge in [-0.25, -0.2) is 37.0 Å². The van der Waals surface area contributed by atoms with Crippen LogP contribution in [0.2, 0.25) is 0 Å². The van der Waals surface area contributed by atoms with Gasteiger partial charge in [0, 0.05) is 54.8 Å². The molecule has 1 aliphatic heterocycles. The second-order valence-electron chi connectivity index (χ2n) is 20.7. The Balaban J connectivity index is 1.50. The first-order valence-corrected chi connectivity index (χ1v) is 43.0. The molecule has 53 heteroatoms. The highest BCUT2D eigenvalue weighted by Gasteiger charge is 2.50. The number of aromatic amines is 1. The normalized spacial score (nSPS) is 20.2. The van der Waals surface area contributed by atoms with Crippen LogP contribution in [-0.4, -0.2) is 182 Å². The largest absolute Gasteiger partial charge is 0.490 e. The molecule has 10 atom stereocenters. The average Bonchev–Trinajstić information content (AvgIpc) is 1.80. The molecular formula is C44H73N5O38P6S4. The van der Waals surface area contributed by atoms with Gasteiger partial charge in [-0.1, -0.05) is 18.9 Å². The number of amides is 1. The Morgan fingerprint density at radius 3 is 1.78 bits per heavy atom. The molecule has 0 bridgehead atoms. The van der Waals surface area contributed by atoms with Crippen molar-refractivity contribution in [3.05, 3.63) is 80.3 Å². The van der Waals surface area contributed by atoms with E-state index in [2.05, 4.69) is 40.9 Å². The monoisotopic (exact) mass is 1590 g/mol. The number of phosphoric ester groups is 2. The van der Waals surface area contributed by atoms with Crippen molar-refractivity contribution in [3.8, 4) is 0 Å². The third-order valence-corrected chi connectivity index (χ3v) is 24.9. The number of aliphatic hydroxyl groups is 1. The van der Waals surface area contributed by atoms with Crippen molar-refractivity contribution in [2.45, 2.75) is 127 Å². The van der Waals surface area contributed by atoms with Crippen molar-refractivity contribution in [2.24, 2.45) is 4.99 Å². The first kappa shape index (κ1) is 87.4. The summed E-state index contributed by atoms with van der Waals surface area (Å²) in [7, 11) is -56.1. The number of aromatic nitrogens is 2. The highest BCUT2D eigenvalue weighted by atomic mass is 32.2. The first-order chi connectivity index (χ1) is 44.3. The summed E-state index contributed by atoms with van der Waals surface area (Å²) in [6, 6.07) is 1.70. The Bertz CT molecular complexity index is 4090. The number of rotatable bonds is 45. The molecule has 3 rings (SSSR count). The molecule has 0 aliphatic carbocycles. The number of aliphatic hydroxyl groups excluding tert-OH is 1. The topological polar surface area (TPSA) is 661 Å². The number of H-pyrrole nitrogens is 1. The Hall–Kier alpha value is -3.79. The van der Waals surface area contributed by atoms with E-state index in [1.807, 2.05) is 4.98 Å². The number of carbonyl (C=O) groups is 2. The molecule has 0 radical (unpaired) electrons. The second-order valence-corrected chi connectivity index (χ2v) is 36.1. The van der Waals surface area contributed by atoms with E-state index >= 15 is 0 Å². The lowest BCUT2D eigenvalue weighted by Gasteiger charge is -2.29. The molecule has 556 valence electrons. The highest BCUT2D eigenvalue weighted by molar-refractivity contribution is 7.86. The van der Waals surface area contributed by atoms with Gasteiger partial charge in [-0.3, -0.25) is 51.4 Å². The van der Waals surface area contributed by atoms with Crippen LogP contribution in [0, 0.1) is 13.8 Å². The highest BCUT2D eigenvalue weighted by Crippen LogP contribution is 2.75. The summed E-state index contributed by atoms with van der Waals surface area (Å²) < 4.78 is 243. The fourth-order valence-corrected chi connectivity index (χ4v) is 18.3. The number of hydrogen-bond donors (Lipinski definition) is 13. The van der Waals surface area contributed by atoms with Crippen LogP contribution < -0.4 is 21.5 Å². The number of anilines is 1. The maximum Gasteiger partial charge on any atom is 0.490 e. The average molecular weight is 1590 g/mol. The Morgan fingerprint density at radius 2 is 1.24 bits per heavy atom. The molecule has 2 aromatic rings. The van der Waals surface area contributed by atoms with E-state index in [0.29, 0.717) is 22.7 Å². The fraction of sp³-hybridized carbons (Fsp3) is 0.614. The summed E-state index contributed by atoms with van der Waals surface area (Å²) in [6.45, 7) is 1.98. The van der Waals surface area contributed by atoms with Crippen molar-refractivity contribution < 1.29 is 163 Å². The quantitative estimate of drug-likeness (QED) is 0.0113. The summed E-state index contributed by atoms with van der Waals surface area (Å²) in [4.78, 5) is 116. The third kappa shape index (κ3) is 35.6. The molecule has 1 amide bonds. The van der Waals surface area contributed by atoms with Crippen molar-refractivity contribution in [3.63, 3.8) is 0 Å². The number of aliphatic imine (C=N–C) groups is 1. The molecule has 13 N–H and O–H groups in total. The number of phosphoric acid groups is 6. The lowest BCUT2D eigenvalue weighted by Crippen LogP contribution is -2.46. The zero-order valence-corrected chi connectivity index (χ0v) is 59.7. The molecular weight excluding hydrogens is 1520 g/mol. The van der Waals surface area contributed by atoms with Crippen LogP contribution >= 0.6 is 46.9 Å². The van der Waals surface area contributed by atoms with E-state index in [9.17, 15) is 128 Å². The van der Waals surface area contributed by atoms with Crippen LogP contribution in [-0.2, 0) is 118 Å². The number of allylic oxidation sites excluding steroid dienone is 4. The van der Waals surface area contributed by atoms with Gasteiger partial charge in [-0.15, -0.1) is 0 Å². The van der Waals surface area contributed by atoms with Crippen LogP contribution in [0.4, 0.5) is 5.69 Å². The first-order valence-electron chi connectivity index (χ1n) is 27.8. The molecule has 1 aromatic heterocycles. The number of aryl methyl sites for hydroxylation is 2. The predicted molar refractivity (Wildman–Crippen MR) is 333 cm³/mol. The van der Waals surface area contributed by atoms with Crippen molar-refractivity contribution in [2.75, 3.05) is 55.1 Å². The maximum absolute atomic E-state index is 13.0. The van der Waals surface area contributed by atoms with Gasteiger partial charge in [0.25, 0.3) is 46.0 Å². The Labute approximate surface area is 553 Å². The number of carbonyl (C=O) groups excluding carboxylic acids is 2. The van der Waals surface area contributed by atoms with Gasteiger partial charge in [-0.2, -0.15) is 55.2 Å². The van der Waals surface area contributed by atoms with Crippen LogP contribution in [0.5, 0.6) is 0 Å². The summed E-state index contributed by atoms with van der Waals surface area (Å²) in [6.07, 6.45) is 1.25. The molecule has 1 aliphatic rings. The van der Waals surface area contributed by atoms with Gasteiger partial charge < -0.3 is 54.2 Å². The van der Waals surface area contributed by atoms with Crippen LogP contribution in [0.25, 0.3) is 0 Å². The molecule has 2 heterocycles. The number of hydrogen-bond acceptors (Lipinski definition) is 30. The van der Waals surface area contributed by atoms with Crippen molar-refractivity contribution >= 4 is 111 Å². The SMILES string of the molecule is CC(/C=C/C=C(\CCCCCC(=O)NC(CS(=O)(=O)O)C(=O)OCCCCCCOP(=O)(O)OP(=O)(O)OP(=O)(O)OP(=O)(O)OP(=O)(O)OP(=O)(O)OC[C@H]1O[C@@H](n2cc(C)c(=O)[nH]c2=O)C[C@H]1O)N(CCCS(=O)(=O)O)c1ccc(S(=O)(=O)O)cc1C)=N/CCCS(=O)(=O)O. The molecule has 1 fully saturated rings. The Morgan fingerprint density at radius 1 is 0.711 bits per heavy atom. The molecule has 7 unspecified atom stereocenters. The van der Waals surface area contributed by atoms with Gasteiger partial charge in [0.2, 0.25) is 5.91 Å². The van der Waals surface area contributed by atoms with E-state index in [1.165, 1.54) is 26.0 Å². The molecule has 97 heavy (non-hydrogen) atoms. The fourth-order valence-electron chi connectivity index (χ4n) is 8.26. The number of esters is 1. The minimum atomic E-state index is -6.62. The van der Waals surface area contributed by atoms with Gasteiger partial charge in [0.05, 0.1) is 42.3 Å². The number of unbranched alkanes of at least 4 members (excludes halogenated alkanes) is 5. The van der Waals surface area contributed by atoms with E-state index < -0.39 is 177 Å². The smallest absolute Gasteiger partial charge is 0.464 e. The Kier molecular flexibility index (Phi) is 33.7. The van der Waals surface area contributed by atoms with Gasteiger partial charge in [-0.05, 0) is 108 Å². The maximum atomic E-state index is 13.0. The van der Waals surface area contributed by atoms with E-state index in [1.54, 1.807) is 30.1 Å². The van der Waals surface area contributed by atoms with Crippen molar-refractivity contribution in [1.82, 2.24) is 14.9 Å². The third-order valence-electron chi connectivity index (χ3n) is 12.4. The minimum Gasteiger partial charge on any atom is -0.464 e. The lowest BCUT2D eigenvalue weighted by atomic mass is 10.1. The van der Waals surface area contributed by atoms with E-state index in [4.69, 9.17) is 14.0 Å². The van der Waals surface area contributed by atoms with Crippen LogP contribution in [0.3, 0.4) is 0 Å². The zero-order chi connectivity index (χ0) is 73.8. The van der Waals surface area contributed by atoms with E-state index in [0.717, 1.165) is 16.8 Å². The molecule has 43 nitrogen and oxygen atoms in total. The van der Waals surface area contributed by atoms with Crippen LogP contribution in [0.1, 0.15) is 101 Å². The van der Waals surface area contributed by atoms with Crippen LogP contribution in [0.15, 0.2) is 67.8 Å². The molecule has 0 spiro atoms. The number of nitrogens with one attached hydrogen (secondary N) is 2. The van der Waals surface area contributed by atoms with Gasteiger partial charge >= 0.3 is 58.6 Å². The summed E-state index contributed by atoms with van der Waals surface area (Å²) in [5.41, 5.74) is -0.112. The van der Waals surface area contributed by atoms with Gasteiger partial charge in [0.15, 0.2) is 0 Å². The van der Waals surface area contributed by atoms with E-state index in [-0.39, 0.29) is 95.7 Å².